The monoisotopic (exact) mass is 350 g/mol. The van der Waals surface area contributed by atoms with E-state index in [9.17, 15) is 9.59 Å². The van der Waals surface area contributed by atoms with Crippen LogP contribution >= 0.6 is 15.9 Å². The molecule has 2 aromatic rings. The van der Waals surface area contributed by atoms with Gasteiger partial charge in [0.15, 0.2) is 0 Å². The molecule has 1 aromatic carbocycles. The highest BCUT2D eigenvalue weighted by molar-refractivity contribution is 9.10. The molecule has 0 radical (unpaired) electrons. The summed E-state index contributed by atoms with van der Waals surface area (Å²) in [5, 5.41) is 0. The first-order chi connectivity index (χ1) is 10.0. The van der Waals surface area contributed by atoms with E-state index in [0.29, 0.717) is 16.8 Å². The summed E-state index contributed by atoms with van der Waals surface area (Å²) in [5.74, 6) is 5.45. The molecule has 0 bridgehead atoms. The minimum absolute atomic E-state index is 0.117. The van der Waals surface area contributed by atoms with E-state index < -0.39 is 0 Å². The van der Waals surface area contributed by atoms with Gasteiger partial charge in [0, 0.05) is 6.20 Å². The Balaban J connectivity index is 2.20. The molecule has 3 N–H and O–H groups in total. The molecular formula is C14H15BrN4O2. The quantitative estimate of drug-likeness (QED) is 0.486. The summed E-state index contributed by atoms with van der Waals surface area (Å²) in [6, 6.07) is 7.45. The van der Waals surface area contributed by atoms with Crippen molar-refractivity contribution >= 4 is 21.8 Å². The molecule has 21 heavy (non-hydrogen) atoms. The molecule has 0 spiro atoms. The summed E-state index contributed by atoms with van der Waals surface area (Å²) in [6.07, 6.45) is 1.73. The van der Waals surface area contributed by atoms with Crippen LogP contribution in [0, 0.1) is 6.92 Å². The van der Waals surface area contributed by atoms with Crippen molar-refractivity contribution in [1.82, 2.24) is 15.0 Å². The minimum Gasteiger partial charge on any atom is -0.294 e. The van der Waals surface area contributed by atoms with Gasteiger partial charge in [-0.25, -0.2) is 10.8 Å². The number of aromatic nitrogens is 2. The van der Waals surface area contributed by atoms with Gasteiger partial charge in [0.25, 0.3) is 5.56 Å². The van der Waals surface area contributed by atoms with Crippen LogP contribution in [0.5, 0.6) is 0 Å². The van der Waals surface area contributed by atoms with Crippen molar-refractivity contribution in [2.45, 2.75) is 19.9 Å². The van der Waals surface area contributed by atoms with Gasteiger partial charge in [-0.3, -0.25) is 19.6 Å². The molecule has 0 fully saturated rings. The number of rotatable bonds is 4. The average Bonchev–Trinajstić information content (AvgIpc) is 2.49. The molecule has 0 atom stereocenters. The first-order valence-electron chi connectivity index (χ1n) is 6.30. The number of carbonyl (C=O) groups excluding carboxylic acids is 1. The van der Waals surface area contributed by atoms with E-state index in [1.165, 1.54) is 6.20 Å². The number of aryl methyl sites for hydroxylation is 1. The highest BCUT2D eigenvalue weighted by Gasteiger charge is 2.07. The predicted molar refractivity (Wildman–Crippen MR) is 82.5 cm³/mol. The molecule has 0 unspecified atom stereocenters. The molecule has 0 aliphatic carbocycles. The fourth-order valence-corrected chi connectivity index (χ4v) is 2.24. The molecule has 0 saturated carbocycles. The van der Waals surface area contributed by atoms with Crippen molar-refractivity contribution in [1.29, 1.82) is 0 Å². The lowest BCUT2D eigenvalue weighted by Gasteiger charge is -2.10. The number of carbonyl (C=O) groups is 1. The van der Waals surface area contributed by atoms with Crippen LogP contribution in [0.25, 0.3) is 0 Å². The van der Waals surface area contributed by atoms with E-state index >= 15 is 0 Å². The first kappa shape index (κ1) is 15.4. The SMILES string of the molecule is Cc1ncc(Br)c(=O)n1Cc1ccc(CC(=O)NN)cc1. The lowest BCUT2D eigenvalue weighted by molar-refractivity contribution is -0.120. The predicted octanol–water partition coefficient (Wildman–Crippen LogP) is 0.895. The number of nitrogens with two attached hydrogens (primary N) is 1. The maximum absolute atomic E-state index is 12.1. The van der Waals surface area contributed by atoms with Gasteiger partial charge in [-0.1, -0.05) is 24.3 Å². The van der Waals surface area contributed by atoms with Crippen molar-refractivity contribution in [3.05, 3.63) is 62.2 Å². The molecule has 0 saturated heterocycles. The first-order valence-corrected chi connectivity index (χ1v) is 7.09. The van der Waals surface area contributed by atoms with E-state index in [-0.39, 0.29) is 17.9 Å². The van der Waals surface area contributed by atoms with Gasteiger partial charge in [0.05, 0.1) is 13.0 Å². The van der Waals surface area contributed by atoms with Gasteiger partial charge in [-0.15, -0.1) is 0 Å². The Hall–Kier alpha value is -1.99. The maximum atomic E-state index is 12.1. The zero-order valence-corrected chi connectivity index (χ0v) is 13.1. The third-order valence-corrected chi connectivity index (χ3v) is 3.64. The Kier molecular flexibility index (Phi) is 4.87. The van der Waals surface area contributed by atoms with Gasteiger partial charge in [-0.05, 0) is 34.0 Å². The number of halogens is 1. The average molecular weight is 351 g/mol. The van der Waals surface area contributed by atoms with Gasteiger partial charge >= 0.3 is 0 Å². The van der Waals surface area contributed by atoms with Crippen molar-refractivity contribution in [3.8, 4) is 0 Å². The van der Waals surface area contributed by atoms with Crippen molar-refractivity contribution in [3.63, 3.8) is 0 Å². The fraction of sp³-hybridized carbons (Fsp3) is 0.214. The number of hydrogen-bond donors (Lipinski definition) is 2. The zero-order valence-electron chi connectivity index (χ0n) is 11.5. The summed E-state index contributed by atoms with van der Waals surface area (Å²) in [5.41, 5.74) is 3.79. The van der Waals surface area contributed by atoms with E-state index in [2.05, 4.69) is 26.3 Å². The molecule has 7 heteroatoms. The molecule has 1 heterocycles. The molecule has 110 valence electrons. The summed E-state index contributed by atoms with van der Waals surface area (Å²) >= 11 is 3.19. The van der Waals surface area contributed by atoms with Gasteiger partial charge in [0.1, 0.15) is 10.3 Å². The van der Waals surface area contributed by atoms with Crippen LogP contribution in [0.4, 0.5) is 0 Å². The molecule has 1 aromatic heterocycles. The second-order valence-corrected chi connectivity index (χ2v) is 5.46. The van der Waals surface area contributed by atoms with Crippen LogP contribution in [0.2, 0.25) is 0 Å². The van der Waals surface area contributed by atoms with Crippen LogP contribution < -0.4 is 16.8 Å². The van der Waals surface area contributed by atoms with E-state index in [1.54, 1.807) is 11.5 Å². The normalized spacial score (nSPS) is 10.4. The summed E-state index contributed by atoms with van der Waals surface area (Å²) in [6.45, 7) is 2.22. The Morgan fingerprint density at radius 3 is 2.57 bits per heavy atom. The second kappa shape index (κ2) is 6.64. The van der Waals surface area contributed by atoms with Crippen molar-refractivity contribution < 1.29 is 4.79 Å². The number of benzene rings is 1. The third kappa shape index (κ3) is 3.77. The van der Waals surface area contributed by atoms with Gasteiger partial charge in [0.2, 0.25) is 5.91 Å². The summed E-state index contributed by atoms with van der Waals surface area (Å²) in [7, 11) is 0. The molecule has 6 nitrogen and oxygen atoms in total. The number of amides is 1. The van der Waals surface area contributed by atoms with Crippen LogP contribution in [0.1, 0.15) is 17.0 Å². The molecule has 1 amide bonds. The Labute approximate surface area is 130 Å². The van der Waals surface area contributed by atoms with E-state index in [1.807, 2.05) is 24.3 Å². The summed E-state index contributed by atoms with van der Waals surface area (Å²) < 4.78 is 2.02. The highest BCUT2D eigenvalue weighted by Crippen LogP contribution is 2.08. The number of nitrogens with zero attached hydrogens (tertiary/aromatic N) is 2. The Morgan fingerprint density at radius 1 is 1.33 bits per heavy atom. The summed E-state index contributed by atoms with van der Waals surface area (Å²) in [4.78, 5) is 27.4. The lowest BCUT2D eigenvalue weighted by Crippen LogP contribution is -2.31. The largest absolute Gasteiger partial charge is 0.294 e. The maximum Gasteiger partial charge on any atom is 0.268 e. The van der Waals surface area contributed by atoms with E-state index in [4.69, 9.17) is 5.84 Å². The number of hydrogen-bond acceptors (Lipinski definition) is 4. The number of nitrogens with one attached hydrogen (secondary N) is 1. The lowest BCUT2D eigenvalue weighted by atomic mass is 10.1. The topological polar surface area (TPSA) is 90.0 Å². The molecule has 0 aliphatic heterocycles. The molecule has 2 rings (SSSR count). The van der Waals surface area contributed by atoms with E-state index in [0.717, 1.165) is 11.1 Å². The third-order valence-electron chi connectivity index (χ3n) is 3.09. The van der Waals surface area contributed by atoms with Crippen molar-refractivity contribution in [2.24, 2.45) is 5.84 Å². The van der Waals surface area contributed by atoms with Crippen LogP contribution in [-0.4, -0.2) is 15.5 Å². The Morgan fingerprint density at radius 2 is 1.95 bits per heavy atom. The molecular weight excluding hydrogens is 336 g/mol. The number of hydrazine groups is 1. The minimum atomic E-state index is -0.244. The Bertz CT molecular complexity index is 710. The highest BCUT2D eigenvalue weighted by atomic mass is 79.9. The van der Waals surface area contributed by atoms with Gasteiger partial charge in [-0.2, -0.15) is 0 Å². The van der Waals surface area contributed by atoms with Crippen molar-refractivity contribution in [2.75, 3.05) is 0 Å². The van der Waals surface area contributed by atoms with Gasteiger partial charge < -0.3 is 0 Å². The van der Waals surface area contributed by atoms with Crippen LogP contribution in [0.15, 0.2) is 39.7 Å². The van der Waals surface area contributed by atoms with Crippen LogP contribution in [0.3, 0.4) is 0 Å². The standard InChI is InChI=1S/C14H15BrN4O2/c1-9-17-7-12(15)14(21)19(9)8-11-4-2-10(3-5-11)6-13(20)18-16/h2-5,7H,6,8,16H2,1H3,(H,18,20). The van der Waals surface area contributed by atoms with Crippen LogP contribution in [-0.2, 0) is 17.8 Å². The smallest absolute Gasteiger partial charge is 0.268 e. The molecule has 0 aliphatic rings. The zero-order chi connectivity index (χ0) is 15.4. The fourth-order valence-electron chi connectivity index (χ4n) is 1.92. The second-order valence-electron chi connectivity index (χ2n) is 4.61.